The van der Waals surface area contributed by atoms with E-state index in [0.29, 0.717) is 11.4 Å². The number of halogens is 4. The summed E-state index contributed by atoms with van der Waals surface area (Å²) in [6, 6.07) is 12.5. The fourth-order valence-electron chi connectivity index (χ4n) is 1.71. The van der Waals surface area contributed by atoms with Crippen molar-refractivity contribution in [3.63, 3.8) is 0 Å². The topological polar surface area (TPSA) is 0 Å². The minimum atomic E-state index is -4.32. The maximum Gasteiger partial charge on any atom is 0.416 e. The Bertz CT molecular complexity index is 547. The number of benzene rings is 2. The molecule has 0 N–H and O–H groups in total. The zero-order valence-electron chi connectivity index (χ0n) is 9.34. The molecule has 2 aromatic rings. The average molecular weight is 271 g/mol. The van der Waals surface area contributed by atoms with E-state index in [1.807, 2.05) is 6.07 Å². The van der Waals surface area contributed by atoms with E-state index in [1.54, 1.807) is 24.3 Å². The maximum atomic E-state index is 12.6. The number of alkyl halides is 4. The van der Waals surface area contributed by atoms with Crippen molar-refractivity contribution in [3.8, 4) is 11.1 Å². The first-order valence-corrected chi connectivity index (χ1v) is 5.87. The van der Waals surface area contributed by atoms with Crippen molar-refractivity contribution in [3.05, 3.63) is 59.7 Å². The summed E-state index contributed by atoms with van der Waals surface area (Å²) in [6.45, 7) is 0. The van der Waals surface area contributed by atoms with Gasteiger partial charge in [-0.15, -0.1) is 11.6 Å². The van der Waals surface area contributed by atoms with Crippen molar-refractivity contribution < 1.29 is 13.2 Å². The van der Waals surface area contributed by atoms with Crippen LogP contribution >= 0.6 is 11.6 Å². The molecular formula is C14H10ClF3. The molecule has 0 saturated carbocycles. The molecule has 0 aliphatic rings. The van der Waals surface area contributed by atoms with Crippen molar-refractivity contribution in [2.24, 2.45) is 0 Å². The standard InChI is InChI=1S/C14H10ClF3/c15-9-10-3-1-4-11(7-10)12-5-2-6-13(8-12)14(16,17)18/h1-8H,9H2. The van der Waals surface area contributed by atoms with Gasteiger partial charge in [0.25, 0.3) is 0 Å². The molecular weight excluding hydrogens is 261 g/mol. The van der Waals surface area contributed by atoms with Crippen molar-refractivity contribution >= 4 is 11.6 Å². The van der Waals surface area contributed by atoms with E-state index in [2.05, 4.69) is 0 Å². The Kier molecular flexibility index (Phi) is 3.62. The molecule has 18 heavy (non-hydrogen) atoms. The van der Waals surface area contributed by atoms with E-state index in [4.69, 9.17) is 11.6 Å². The Balaban J connectivity index is 2.44. The first kappa shape index (κ1) is 13.0. The van der Waals surface area contributed by atoms with Crippen LogP contribution in [0.5, 0.6) is 0 Å². The van der Waals surface area contributed by atoms with Crippen molar-refractivity contribution in [2.75, 3.05) is 0 Å². The van der Waals surface area contributed by atoms with Crippen LogP contribution in [-0.4, -0.2) is 0 Å². The number of hydrogen-bond donors (Lipinski definition) is 0. The van der Waals surface area contributed by atoms with Gasteiger partial charge in [0.15, 0.2) is 0 Å². The molecule has 4 heteroatoms. The lowest BCUT2D eigenvalue weighted by molar-refractivity contribution is -0.137. The summed E-state index contributed by atoms with van der Waals surface area (Å²) in [5.41, 5.74) is 1.51. The molecule has 0 bridgehead atoms. The van der Waals surface area contributed by atoms with E-state index in [9.17, 15) is 13.2 Å². The molecule has 0 amide bonds. The molecule has 0 unspecified atom stereocenters. The van der Waals surface area contributed by atoms with Crippen LogP contribution in [-0.2, 0) is 12.1 Å². The van der Waals surface area contributed by atoms with Gasteiger partial charge in [0, 0.05) is 5.88 Å². The van der Waals surface area contributed by atoms with E-state index in [1.165, 1.54) is 6.07 Å². The molecule has 2 rings (SSSR count). The van der Waals surface area contributed by atoms with Gasteiger partial charge in [-0.1, -0.05) is 30.3 Å². The highest BCUT2D eigenvalue weighted by Gasteiger charge is 2.30. The highest BCUT2D eigenvalue weighted by atomic mass is 35.5. The van der Waals surface area contributed by atoms with E-state index in [0.717, 1.165) is 23.3 Å². The van der Waals surface area contributed by atoms with E-state index < -0.39 is 11.7 Å². The van der Waals surface area contributed by atoms with Gasteiger partial charge in [-0.05, 0) is 34.9 Å². The summed E-state index contributed by atoms with van der Waals surface area (Å²) in [7, 11) is 0. The fourth-order valence-corrected chi connectivity index (χ4v) is 1.88. The smallest absolute Gasteiger partial charge is 0.166 e. The van der Waals surface area contributed by atoms with Crippen LogP contribution in [0.1, 0.15) is 11.1 Å². The molecule has 0 aliphatic heterocycles. The third-order valence-corrected chi connectivity index (χ3v) is 2.91. The molecule has 0 nitrogen and oxygen atoms in total. The fraction of sp³-hybridized carbons (Fsp3) is 0.143. The van der Waals surface area contributed by atoms with Crippen molar-refractivity contribution in [1.29, 1.82) is 0 Å². The minimum absolute atomic E-state index is 0.340. The Morgan fingerprint density at radius 3 is 2.11 bits per heavy atom. The second-order valence-electron chi connectivity index (χ2n) is 3.91. The van der Waals surface area contributed by atoms with Gasteiger partial charge >= 0.3 is 6.18 Å². The first-order valence-electron chi connectivity index (χ1n) is 5.33. The Morgan fingerprint density at radius 2 is 1.50 bits per heavy atom. The Labute approximate surface area is 108 Å². The van der Waals surface area contributed by atoms with Crippen LogP contribution < -0.4 is 0 Å². The van der Waals surface area contributed by atoms with Gasteiger partial charge in [0.05, 0.1) is 5.56 Å². The lowest BCUT2D eigenvalue weighted by Crippen LogP contribution is -2.04. The highest BCUT2D eigenvalue weighted by Crippen LogP contribution is 2.32. The monoisotopic (exact) mass is 270 g/mol. The molecule has 0 saturated heterocycles. The molecule has 0 fully saturated rings. The second-order valence-corrected chi connectivity index (χ2v) is 4.18. The van der Waals surface area contributed by atoms with Crippen LogP contribution in [0.3, 0.4) is 0 Å². The predicted molar refractivity (Wildman–Crippen MR) is 66.4 cm³/mol. The zero-order chi connectivity index (χ0) is 13.2. The molecule has 0 atom stereocenters. The molecule has 0 heterocycles. The van der Waals surface area contributed by atoms with Crippen LogP contribution in [0.25, 0.3) is 11.1 Å². The third-order valence-electron chi connectivity index (χ3n) is 2.60. The van der Waals surface area contributed by atoms with Gasteiger partial charge in [-0.25, -0.2) is 0 Å². The van der Waals surface area contributed by atoms with Gasteiger partial charge < -0.3 is 0 Å². The van der Waals surface area contributed by atoms with Crippen LogP contribution in [0, 0.1) is 0 Å². The first-order chi connectivity index (χ1) is 8.50. The van der Waals surface area contributed by atoms with Crippen LogP contribution in [0.4, 0.5) is 13.2 Å². The maximum absolute atomic E-state index is 12.6. The lowest BCUT2D eigenvalue weighted by atomic mass is 10.0. The molecule has 0 aromatic heterocycles. The van der Waals surface area contributed by atoms with E-state index in [-0.39, 0.29) is 0 Å². The van der Waals surface area contributed by atoms with Gasteiger partial charge in [0.1, 0.15) is 0 Å². The normalized spacial score (nSPS) is 11.6. The summed E-state index contributed by atoms with van der Waals surface area (Å²) < 4.78 is 37.8. The van der Waals surface area contributed by atoms with Crippen LogP contribution in [0.2, 0.25) is 0 Å². The molecule has 0 spiro atoms. The Hall–Kier alpha value is -1.48. The molecule has 0 aliphatic carbocycles. The Morgan fingerprint density at radius 1 is 0.889 bits per heavy atom. The zero-order valence-corrected chi connectivity index (χ0v) is 10.1. The third kappa shape index (κ3) is 2.85. The number of hydrogen-bond acceptors (Lipinski definition) is 0. The quantitative estimate of drug-likeness (QED) is 0.665. The summed E-state index contributed by atoms with van der Waals surface area (Å²) >= 11 is 5.71. The predicted octanol–water partition coefficient (Wildman–Crippen LogP) is 5.11. The molecule has 0 radical (unpaired) electrons. The largest absolute Gasteiger partial charge is 0.416 e. The molecule has 2 aromatic carbocycles. The van der Waals surface area contributed by atoms with Crippen LogP contribution in [0.15, 0.2) is 48.5 Å². The summed E-state index contributed by atoms with van der Waals surface area (Å²) in [5, 5.41) is 0. The van der Waals surface area contributed by atoms with Crippen molar-refractivity contribution in [1.82, 2.24) is 0 Å². The SMILES string of the molecule is FC(F)(F)c1cccc(-c2cccc(CCl)c2)c1. The minimum Gasteiger partial charge on any atom is -0.166 e. The lowest BCUT2D eigenvalue weighted by Gasteiger charge is -2.09. The summed E-state index contributed by atoms with van der Waals surface area (Å²) in [5.74, 6) is 0.340. The van der Waals surface area contributed by atoms with E-state index >= 15 is 0 Å². The number of rotatable bonds is 2. The second kappa shape index (κ2) is 5.02. The van der Waals surface area contributed by atoms with Crippen molar-refractivity contribution in [2.45, 2.75) is 12.1 Å². The van der Waals surface area contributed by atoms with Gasteiger partial charge in [0.2, 0.25) is 0 Å². The average Bonchev–Trinajstić information content (AvgIpc) is 2.38. The van der Waals surface area contributed by atoms with Gasteiger partial charge in [-0.3, -0.25) is 0 Å². The van der Waals surface area contributed by atoms with Gasteiger partial charge in [-0.2, -0.15) is 13.2 Å². The summed E-state index contributed by atoms with van der Waals surface area (Å²) in [6.07, 6.45) is -4.32. The highest BCUT2D eigenvalue weighted by molar-refractivity contribution is 6.17. The summed E-state index contributed by atoms with van der Waals surface area (Å²) in [4.78, 5) is 0. The molecule has 94 valence electrons.